The van der Waals surface area contributed by atoms with E-state index in [1.165, 1.54) is 0 Å². The van der Waals surface area contributed by atoms with Crippen LogP contribution >= 0.6 is 0 Å². The van der Waals surface area contributed by atoms with E-state index in [4.69, 9.17) is 0 Å². The van der Waals surface area contributed by atoms with Gasteiger partial charge in [0, 0.05) is 0 Å². The van der Waals surface area contributed by atoms with Crippen molar-refractivity contribution in [1.82, 2.24) is 0 Å². The number of rotatable bonds is 4. The fraction of sp³-hybridized carbons (Fsp3) is 0.308. The van der Waals surface area contributed by atoms with E-state index in [2.05, 4.69) is 11.6 Å². The Balaban J connectivity index is 3.12. The van der Waals surface area contributed by atoms with Crippen molar-refractivity contribution in [2.45, 2.75) is 25.8 Å². The van der Waals surface area contributed by atoms with Crippen LogP contribution in [0.5, 0.6) is 0 Å². The minimum absolute atomic E-state index is 0.533. The Morgan fingerprint density at radius 3 is 2.53 bits per heavy atom. The molecular weight excluding hydrogens is 186 g/mol. The Bertz CT molecular complexity index is 390. The molecule has 1 rings (SSSR count). The lowest BCUT2D eigenvalue weighted by molar-refractivity contribution is 0.480. The predicted octanol–water partition coefficient (Wildman–Crippen LogP) is 3.20. The van der Waals surface area contributed by atoms with Gasteiger partial charge in [-0.3, -0.25) is 0 Å². The minimum atomic E-state index is -0.533. The van der Waals surface area contributed by atoms with Crippen molar-refractivity contribution in [2.24, 2.45) is 4.99 Å². The molecule has 0 saturated carbocycles. The van der Waals surface area contributed by atoms with Gasteiger partial charge in [-0.15, -0.1) is 6.58 Å². The topological polar surface area (TPSA) is 29.4 Å². The highest BCUT2D eigenvalue weighted by atomic mass is 16.1. The number of carbonyl (C=O) groups excluding carboxylic acids is 1. The molecule has 0 heterocycles. The van der Waals surface area contributed by atoms with Crippen molar-refractivity contribution in [1.29, 1.82) is 0 Å². The summed E-state index contributed by atoms with van der Waals surface area (Å²) in [5.74, 6) is 0. The number of benzene rings is 1. The lowest BCUT2D eigenvalue weighted by atomic mass is 9.87. The number of nitrogens with zero attached hydrogens (tertiary/aromatic N) is 1. The molecule has 0 saturated heterocycles. The van der Waals surface area contributed by atoms with E-state index >= 15 is 0 Å². The summed E-state index contributed by atoms with van der Waals surface area (Å²) in [6.07, 6.45) is 2.31. The highest BCUT2D eigenvalue weighted by Crippen LogP contribution is 2.31. The molecule has 0 aromatic heterocycles. The first-order chi connectivity index (χ1) is 7.08. The highest BCUT2D eigenvalue weighted by molar-refractivity contribution is 5.38. The number of isocyanates is 1. The van der Waals surface area contributed by atoms with Crippen LogP contribution in [0.15, 0.2) is 47.5 Å². The maximum Gasteiger partial charge on any atom is 0.235 e. The molecule has 0 aliphatic heterocycles. The van der Waals surface area contributed by atoms with Gasteiger partial charge in [0.25, 0.3) is 0 Å². The average molecular weight is 201 g/mol. The molecule has 0 radical (unpaired) electrons. The van der Waals surface area contributed by atoms with Gasteiger partial charge in [0.1, 0.15) is 0 Å². The summed E-state index contributed by atoms with van der Waals surface area (Å²) in [5, 5.41) is 0. The fourth-order valence-electron chi connectivity index (χ4n) is 1.69. The molecule has 0 fully saturated rings. The van der Waals surface area contributed by atoms with Crippen LogP contribution in [0.2, 0.25) is 0 Å². The maximum absolute atomic E-state index is 10.5. The number of aliphatic imine (C=N–C) groups is 1. The summed E-state index contributed by atoms with van der Waals surface area (Å²) in [6.45, 7) is 7.71. The molecule has 0 aliphatic carbocycles. The second-order valence-corrected chi connectivity index (χ2v) is 3.98. The van der Waals surface area contributed by atoms with Gasteiger partial charge in [-0.2, -0.15) is 4.99 Å². The Morgan fingerprint density at radius 1 is 1.47 bits per heavy atom. The average Bonchev–Trinajstić information content (AvgIpc) is 2.18. The molecule has 0 aliphatic rings. The molecule has 2 heteroatoms. The SMILES string of the molecule is C=C(C)CC(C)(N=C=O)c1ccccc1. The lowest BCUT2D eigenvalue weighted by Gasteiger charge is -2.23. The zero-order valence-electron chi connectivity index (χ0n) is 9.16. The largest absolute Gasteiger partial charge is 0.235 e. The quantitative estimate of drug-likeness (QED) is 0.418. The first-order valence-electron chi connectivity index (χ1n) is 4.87. The Morgan fingerprint density at radius 2 is 2.07 bits per heavy atom. The first-order valence-corrected chi connectivity index (χ1v) is 4.87. The van der Waals surface area contributed by atoms with Gasteiger partial charge in [0.2, 0.25) is 6.08 Å². The smallest absolute Gasteiger partial charge is 0.211 e. The van der Waals surface area contributed by atoms with Crippen molar-refractivity contribution < 1.29 is 4.79 Å². The monoisotopic (exact) mass is 201 g/mol. The van der Waals surface area contributed by atoms with Gasteiger partial charge in [-0.25, -0.2) is 4.79 Å². The van der Waals surface area contributed by atoms with E-state index in [9.17, 15) is 4.79 Å². The zero-order chi connectivity index (χ0) is 11.3. The molecule has 1 aromatic rings. The molecule has 1 atom stereocenters. The molecule has 1 aromatic carbocycles. The van der Waals surface area contributed by atoms with Crippen LogP contribution < -0.4 is 0 Å². The standard InChI is InChI=1S/C13H15NO/c1-11(2)9-13(3,14-10-15)12-7-5-4-6-8-12/h4-8H,1,9H2,2-3H3. The summed E-state index contributed by atoms with van der Waals surface area (Å²) in [6, 6.07) is 9.74. The minimum Gasteiger partial charge on any atom is -0.211 e. The van der Waals surface area contributed by atoms with Gasteiger partial charge < -0.3 is 0 Å². The second-order valence-electron chi connectivity index (χ2n) is 3.98. The van der Waals surface area contributed by atoms with E-state index in [1.807, 2.05) is 44.2 Å². The van der Waals surface area contributed by atoms with Crippen molar-refractivity contribution in [3.63, 3.8) is 0 Å². The third-order valence-electron chi connectivity index (χ3n) is 2.33. The predicted molar refractivity (Wildman–Crippen MR) is 61.3 cm³/mol. The maximum atomic E-state index is 10.5. The van der Waals surface area contributed by atoms with E-state index < -0.39 is 5.54 Å². The van der Waals surface area contributed by atoms with Crippen molar-refractivity contribution >= 4 is 6.08 Å². The van der Waals surface area contributed by atoms with Crippen LogP contribution in [0, 0.1) is 0 Å². The molecule has 1 unspecified atom stereocenters. The summed E-state index contributed by atoms with van der Waals surface area (Å²) in [4.78, 5) is 14.4. The summed E-state index contributed by atoms with van der Waals surface area (Å²) >= 11 is 0. The molecule has 2 nitrogen and oxygen atoms in total. The second kappa shape index (κ2) is 4.72. The normalized spacial score (nSPS) is 13.7. The van der Waals surface area contributed by atoms with Gasteiger partial charge in [-0.1, -0.05) is 35.9 Å². The Kier molecular flexibility index (Phi) is 3.59. The van der Waals surface area contributed by atoms with Crippen LogP contribution in [-0.4, -0.2) is 6.08 Å². The molecular formula is C13H15NO. The Hall–Kier alpha value is -1.66. The van der Waals surface area contributed by atoms with Crippen LogP contribution in [0.3, 0.4) is 0 Å². The third-order valence-corrected chi connectivity index (χ3v) is 2.33. The van der Waals surface area contributed by atoms with Crippen LogP contribution in [0.4, 0.5) is 0 Å². The molecule has 78 valence electrons. The van der Waals surface area contributed by atoms with Crippen LogP contribution in [-0.2, 0) is 10.3 Å². The molecule has 0 bridgehead atoms. The van der Waals surface area contributed by atoms with Gasteiger partial charge >= 0.3 is 0 Å². The summed E-state index contributed by atoms with van der Waals surface area (Å²) < 4.78 is 0. The Labute approximate surface area is 90.4 Å². The molecule has 0 amide bonds. The van der Waals surface area contributed by atoms with E-state index in [-0.39, 0.29) is 0 Å². The van der Waals surface area contributed by atoms with Crippen LogP contribution in [0.1, 0.15) is 25.8 Å². The van der Waals surface area contributed by atoms with Gasteiger partial charge in [-0.05, 0) is 25.8 Å². The van der Waals surface area contributed by atoms with Crippen molar-refractivity contribution in [3.8, 4) is 0 Å². The van der Waals surface area contributed by atoms with E-state index in [0.717, 1.165) is 11.1 Å². The van der Waals surface area contributed by atoms with Crippen molar-refractivity contribution in [2.75, 3.05) is 0 Å². The van der Waals surface area contributed by atoms with Crippen molar-refractivity contribution in [3.05, 3.63) is 48.0 Å². The summed E-state index contributed by atoms with van der Waals surface area (Å²) in [5.41, 5.74) is 1.48. The third kappa shape index (κ3) is 2.90. The number of hydrogen-bond acceptors (Lipinski definition) is 2. The molecule has 0 N–H and O–H groups in total. The van der Waals surface area contributed by atoms with E-state index in [0.29, 0.717) is 6.42 Å². The molecule has 0 spiro atoms. The zero-order valence-corrected chi connectivity index (χ0v) is 9.16. The highest BCUT2D eigenvalue weighted by Gasteiger charge is 2.25. The van der Waals surface area contributed by atoms with E-state index in [1.54, 1.807) is 6.08 Å². The molecule has 15 heavy (non-hydrogen) atoms. The van der Waals surface area contributed by atoms with Gasteiger partial charge in [0.15, 0.2) is 0 Å². The lowest BCUT2D eigenvalue weighted by Crippen LogP contribution is -2.19. The van der Waals surface area contributed by atoms with Crippen LogP contribution in [0.25, 0.3) is 0 Å². The first kappa shape index (κ1) is 11.4. The summed E-state index contributed by atoms with van der Waals surface area (Å²) in [7, 11) is 0. The van der Waals surface area contributed by atoms with Gasteiger partial charge in [0.05, 0.1) is 5.54 Å². The number of hydrogen-bond donors (Lipinski definition) is 0. The fourth-order valence-corrected chi connectivity index (χ4v) is 1.69.